The molecule has 1 nitrogen and oxygen atoms in total. The zero-order valence-corrected chi connectivity index (χ0v) is 11.4. The molecule has 1 N–H and O–H groups in total. The molecule has 1 aromatic heterocycles. The second kappa shape index (κ2) is 5.33. The summed E-state index contributed by atoms with van der Waals surface area (Å²) in [7, 11) is 0. The summed E-state index contributed by atoms with van der Waals surface area (Å²) in [6, 6.07) is 5.78. The quantitative estimate of drug-likeness (QED) is 0.794. The first-order valence-electron chi connectivity index (χ1n) is 6.45. The summed E-state index contributed by atoms with van der Waals surface area (Å²) in [5, 5.41) is 3.72. The highest BCUT2D eigenvalue weighted by Gasteiger charge is 2.23. The van der Waals surface area contributed by atoms with Gasteiger partial charge in [0.1, 0.15) is 0 Å². The lowest BCUT2D eigenvalue weighted by molar-refractivity contribution is 0.429. The van der Waals surface area contributed by atoms with Gasteiger partial charge in [-0.05, 0) is 51.7 Å². The first kappa shape index (κ1) is 12.1. The minimum Gasteiger partial charge on any atom is -0.311 e. The standard InChI is InChI=1S/C14H23NS/c1-10(8-13-5-6-13)15-11(2)9-14-7-4-12(3)16-14/h4,7,10-11,13,15H,5-6,8-9H2,1-3H3. The van der Waals surface area contributed by atoms with Crippen molar-refractivity contribution in [3.8, 4) is 0 Å². The van der Waals surface area contributed by atoms with Gasteiger partial charge in [-0.3, -0.25) is 0 Å². The van der Waals surface area contributed by atoms with Crippen LogP contribution in [0.15, 0.2) is 12.1 Å². The summed E-state index contributed by atoms with van der Waals surface area (Å²) in [5.41, 5.74) is 0. The molecule has 2 heteroatoms. The topological polar surface area (TPSA) is 12.0 Å². The van der Waals surface area contributed by atoms with Gasteiger partial charge in [0.15, 0.2) is 0 Å². The third kappa shape index (κ3) is 3.91. The minimum atomic E-state index is 0.604. The van der Waals surface area contributed by atoms with Gasteiger partial charge in [-0.25, -0.2) is 0 Å². The Morgan fingerprint density at radius 1 is 1.31 bits per heavy atom. The van der Waals surface area contributed by atoms with Gasteiger partial charge in [-0.15, -0.1) is 11.3 Å². The van der Waals surface area contributed by atoms with Gasteiger partial charge in [0.25, 0.3) is 0 Å². The van der Waals surface area contributed by atoms with Crippen molar-refractivity contribution < 1.29 is 0 Å². The number of rotatable bonds is 6. The molecule has 1 aliphatic carbocycles. The highest BCUT2D eigenvalue weighted by atomic mass is 32.1. The molecule has 90 valence electrons. The highest BCUT2D eigenvalue weighted by molar-refractivity contribution is 7.11. The van der Waals surface area contributed by atoms with Crippen LogP contribution in [0.2, 0.25) is 0 Å². The first-order valence-corrected chi connectivity index (χ1v) is 7.26. The van der Waals surface area contributed by atoms with E-state index >= 15 is 0 Å². The van der Waals surface area contributed by atoms with Crippen LogP contribution in [-0.2, 0) is 6.42 Å². The van der Waals surface area contributed by atoms with E-state index in [4.69, 9.17) is 0 Å². The Labute approximate surface area is 103 Å². The lowest BCUT2D eigenvalue weighted by atomic mass is 10.1. The molecule has 16 heavy (non-hydrogen) atoms. The maximum atomic E-state index is 3.72. The molecule has 1 saturated carbocycles. The summed E-state index contributed by atoms with van der Waals surface area (Å²) in [6.45, 7) is 6.81. The number of hydrogen-bond donors (Lipinski definition) is 1. The molecule has 2 atom stereocenters. The van der Waals surface area contributed by atoms with E-state index in [0.29, 0.717) is 12.1 Å². The largest absolute Gasteiger partial charge is 0.311 e. The molecule has 0 amide bonds. The summed E-state index contributed by atoms with van der Waals surface area (Å²) in [4.78, 5) is 2.93. The zero-order valence-electron chi connectivity index (χ0n) is 10.6. The van der Waals surface area contributed by atoms with E-state index in [-0.39, 0.29) is 0 Å². The van der Waals surface area contributed by atoms with Crippen molar-refractivity contribution in [1.29, 1.82) is 0 Å². The average Bonchev–Trinajstić information content (AvgIpc) is 2.89. The van der Waals surface area contributed by atoms with Crippen molar-refractivity contribution in [3.63, 3.8) is 0 Å². The smallest absolute Gasteiger partial charge is 0.00894 e. The van der Waals surface area contributed by atoms with Crippen LogP contribution >= 0.6 is 11.3 Å². The normalized spacial score (nSPS) is 19.7. The maximum absolute atomic E-state index is 3.72. The molecule has 0 aromatic carbocycles. The Balaban J connectivity index is 1.72. The Kier molecular flexibility index (Phi) is 4.04. The molecular weight excluding hydrogens is 214 g/mol. The van der Waals surface area contributed by atoms with Gasteiger partial charge in [0.05, 0.1) is 0 Å². The van der Waals surface area contributed by atoms with Crippen LogP contribution < -0.4 is 5.32 Å². The fraction of sp³-hybridized carbons (Fsp3) is 0.714. The second-order valence-corrected chi connectivity index (χ2v) is 6.74. The Morgan fingerprint density at radius 2 is 2.06 bits per heavy atom. The predicted octanol–water partition coefficient (Wildman–Crippen LogP) is 3.77. The molecular formula is C14H23NS. The van der Waals surface area contributed by atoms with Gasteiger partial charge in [-0.2, -0.15) is 0 Å². The van der Waals surface area contributed by atoms with E-state index in [9.17, 15) is 0 Å². The zero-order chi connectivity index (χ0) is 11.5. The molecule has 2 unspecified atom stereocenters. The van der Waals surface area contributed by atoms with E-state index in [1.54, 1.807) is 0 Å². The van der Waals surface area contributed by atoms with E-state index in [0.717, 1.165) is 5.92 Å². The fourth-order valence-corrected chi connectivity index (χ4v) is 3.38. The number of aryl methyl sites for hydroxylation is 1. The lowest BCUT2D eigenvalue weighted by Gasteiger charge is -2.19. The summed E-state index contributed by atoms with van der Waals surface area (Å²) in [6.07, 6.45) is 5.47. The lowest BCUT2D eigenvalue weighted by Crippen LogP contribution is -2.36. The summed E-state index contributed by atoms with van der Waals surface area (Å²) < 4.78 is 0. The van der Waals surface area contributed by atoms with Crippen molar-refractivity contribution in [2.45, 2.75) is 58.5 Å². The summed E-state index contributed by atoms with van der Waals surface area (Å²) >= 11 is 1.93. The third-order valence-electron chi connectivity index (χ3n) is 3.26. The second-order valence-electron chi connectivity index (χ2n) is 5.36. The van der Waals surface area contributed by atoms with Crippen molar-refractivity contribution >= 4 is 11.3 Å². The van der Waals surface area contributed by atoms with Gasteiger partial charge in [0, 0.05) is 21.8 Å². The minimum absolute atomic E-state index is 0.604. The molecule has 1 aliphatic rings. The van der Waals surface area contributed by atoms with E-state index < -0.39 is 0 Å². The van der Waals surface area contributed by atoms with E-state index in [1.165, 1.54) is 35.4 Å². The molecule has 0 aliphatic heterocycles. The Morgan fingerprint density at radius 3 is 2.62 bits per heavy atom. The van der Waals surface area contributed by atoms with Gasteiger partial charge >= 0.3 is 0 Å². The molecule has 1 heterocycles. The van der Waals surface area contributed by atoms with Crippen molar-refractivity contribution in [2.75, 3.05) is 0 Å². The third-order valence-corrected chi connectivity index (χ3v) is 4.28. The molecule has 0 saturated heterocycles. The number of thiophene rings is 1. The Hall–Kier alpha value is -0.340. The van der Waals surface area contributed by atoms with Crippen LogP contribution in [0.25, 0.3) is 0 Å². The van der Waals surface area contributed by atoms with Crippen LogP contribution in [0.4, 0.5) is 0 Å². The fourth-order valence-electron chi connectivity index (χ4n) is 2.36. The van der Waals surface area contributed by atoms with Crippen LogP contribution in [0.3, 0.4) is 0 Å². The monoisotopic (exact) mass is 237 g/mol. The summed E-state index contributed by atoms with van der Waals surface area (Å²) in [5.74, 6) is 1.03. The maximum Gasteiger partial charge on any atom is 0.00894 e. The van der Waals surface area contributed by atoms with E-state index in [2.05, 4.69) is 38.2 Å². The van der Waals surface area contributed by atoms with E-state index in [1.807, 2.05) is 11.3 Å². The Bertz CT molecular complexity index is 327. The molecule has 0 spiro atoms. The van der Waals surface area contributed by atoms with Crippen molar-refractivity contribution in [3.05, 3.63) is 21.9 Å². The van der Waals surface area contributed by atoms with Crippen molar-refractivity contribution in [2.24, 2.45) is 5.92 Å². The molecule has 2 rings (SSSR count). The number of nitrogens with one attached hydrogen (secondary N) is 1. The van der Waals surface area contributed by atoms with Crippen LogP contribution in [0.1, 0.15) is 42.9 Å². The SMILES string of the molecule is Cc1ccc(CC(C)NC(C)CC2CC2)s1. The molecule has 1 fully saturated rings. The average molecular weight is 237 g/mol. The van der Waals surface area contributed by atoms with Gasteiger partial charge in [0.2, 0.25) is 0 Å². The van der Waals surface area contributed by atoms with Crippen LogP contribution in [-0.4, -0.2) is 12.1 Å². The van der Waals surface area contributed by atoms with Gasteiger partial charge < -0.3 is 5.32 Å². The van der Waals surface area contributed by atoms with Crippen LogP contribution in [0.5, 0.6) is 0 Å². The van der Waals surface area contributed by atoms with Gasteiger partial charge in [-0.1, -0.05) is 12.8 Å². The molecule has 0 bridgehead atoms. The van der Waals surface area contributed by atoms with Crippen LogP contribution in [0, 0.1) is 12.8 Å². The highest BCUT2D eigenvalue weighted by Crippen LogP contribution is 2.33. The first-order chi connectivity index (χ1) is 7.63. The van der Waals surface area contributed by atoms with Crippen molar-refractivity contribution in [1.82, 2.24) is 5.32 Å². The number of hydrogen-bond acceptors (Lipinski definition) is 2. The molecule has 1 aromatic rings. The molecule has 0 radical (unpaired) electrons. The predicted molar refractivity (Wildman–Crippen MR) is 72.2 cm³/mol.